The molecule has 0 aromatic heterocycles. The predicted molar refractivity (Wildman–Crippen MR) is 87.2 cm³/mol. The van der Waals surface area contributed by atoms with Gasteiger partial charge in [0.15, 0.2) is 5.78 Å². The van der Waals surface area contributed by atoms with Crippen molar-refractivity contribution in [3.8, 4) is 0 Å². The number of ketones is 1. The van der Waals surface area contributed by atoms with Crippen LogP contribution in [0.4, 0.5) is 0 Å². The third kappa shape index (κ3) is 1.79. The lowest BCUT2D eigenvalue weighted by atomic mass is 9.49. The Balaban J connectivity index is 1.67. The summed E-state index contributed by atoms with van der Waals surface area (Å²) in [7, 11) is 0. The van der Waals surface area contributed by atoms with Crippen molar-refractivity contribution >= 4 is 5.78 Å². The topological polar surface area (TPSA) is 37.3 Å². The van der Waals surface area contributed by atoms with Crippen LogP contribution >= 0.6 is 0 Å². The third-order valence-electron chi connectivity index (χ3n) is 7.65. The molecule has 0 aromatic carbocycles. The SMILES string of the molecule is CC[C@]12CCC3C4CCC(=O)C=C4CCC3C1C=C[C@]2(C)O. The van der Waals surface area contributed by atoms with Gasteiger partial charge < -0.3 is 5.11 Å². The van der Waals surface area contributed by atoms with Gasteiger partial charge >= 0.3 is 0 Å². The second-order valence-electron chi connectivity index (χ2n) is 8.28. The zero-order valence-electron chi connectivity index (χ0n) is 13.8. The van der Waals surface area contributed by atoms with Gasteiger partial charge in [-0.3, -0.25) is 4.79 Å². The number of carbonyl (C=O) groups excluding carboxylic acids is 1. The molecule has 4 aliphatic rings. The summed E-state index contributed by atoms with van der Waals surface area (Å²) in [5, 5.41) is 11.0. The Morgan fingerprint density at radius 1 is 1.23 bits per heavy atom. The summed E-state index contributed by atoms with van der Waals surface area (Å²) in [6.07, 6.45) is 13.9. The Labute approximate surface area is 133 Å². The van der Waals surface area contributed by atoms with Crippen LogP contribution in [0.25, 0.3) is 0 Å². The number of fused-ring (bicyclic) bond motifs is 5. The van der Waals surface area contributed by atoms with E-state index >= 15 is 0 Å². The number of hydrogen-bond acceptors (Lipinski definition) is 2. The van der Waals surface area contributed by atoms with E-state index in [-0.39, 0.29) is 5.41 Å². The predicted octanol–water partition coefficient (Wildman–Crippen LogP) is 4.05. The van der Waals surface area contributed by atoms with Gasteiger partial charge in [0.05, 0.1) is 5.60 Å². The van der Waals surface area contributed by atoms with E-state index in [1.54, 1.807) is 0 Å². The van der Waals surface area contributed by atoms with E-state index in [9.17, 15) is 9.90 Å². The van der Waals surface area contributed by atoms with E-state index in [4.69, 9.17) is 0 Å². The highest BCUT2D eigenvalue weighted by atomic mass is 16.3. The Hall–Kier alpha value is -0.890. The van der Waals surface area contributed by atoms with Crippen LogP contribution in [0.15, 0.2) is 23.8 Å². The maximum Gasteiger partial charge on any atom is 0.155 e. The minimum atomic E-state index is -0.643. The molecule has 120 valence electrons. The van der Waals surface area contributed by atoms with Crippen LogP contribution in [0, 0.1) is 29.1 Å². The number of rotatable bonds is 1. The van der Waals surface area contributed by atoms with Crippen LogP contribution in [0.2, 0.25) is 0 Å². The second-order valence-corrected chi connectivity index (χ2v) is 8.28. The molecule has 0 bridgehead atoms. The Morgan fingerprint density at radius 3 is 2.82 bits per heavy atom. The summed E-state index contributed by atoms with van der Waals surface area (Å²) < 4.78 is 0. The third-order valence-corrected chi connectivity index (χ3v) is 7.65. The van der Waals surface area contributed by atoms with E-state index in [2.05, 4.69) is 19.1 Å². The zero-order chi connectivity index (χ0) is 15.5. The lowest BCUT2D eigenvalue weighted by Crippen LogP contribution is -2.53. The summed E-state index contributed by atoms with van der Waals surface area (Å²) in [5.74, 6) is 2.95. The number of allylic oxidation sites excluding steroid dienone is 3. The molecule has 2 nitrogen and oxygen atoms in total. The molecule has 2 fully saturated rings. The molecule has 2 heteroatoms. The molecule has 4 unspecified atom stereocenters. The number of carbonyl (C=O) groups is 1. The minimum Gasteiger partial charge on any atom is -0.385 e. The van der Waals surface area contributed by atoms with Gasteiger partial charge in [-0.1, -0.05) is 24.6 Å². The molecule has 0 amide bonds. The fourth-order valence-electron chi connectivity index (χ4n) is 6.47. The van der Waals surface area contributed by atoms with Crippen molar-refractivity contribution in [3.05, 3.63) is 23.8 Å². The first kappa shape index (κ1) is 14.7. The van der Waals surface area contributed by atoms with Crippen molar-refractivity contribution < 1.29 is 9.90 Å². The maximum absolute atomic E-state index is 11.7. The van der Waals surface area contributed by atoms with Gasteiger partial charge in [0.2, 0.25) is 0 Å². The van der Waals surface area contributed by atoms with Gasteiger partial charge in [0.1, 0.15) is 0 Å². The molecule has 4 aliphatic carbocycles. The fourth-order valence-corrected chi connectivity index (χ4v) is 6.47. The monoisotopic (exact) mass is 300 g/mol. The van der Waals surface area contributed by atoms with Gasteiger partial charge in [0, 0.05) is 11.8 Å². The molecule has 2 saturated carbocycles. The Morgan fingerprint density at radius 2 is 2.05 bits per heavy atom. The van der Waals surface area contributed by atoms with Crippen molar-refractivity contribution in [2.75, 3.05) is 0 Å². The average Bonchev–Trinajstić information content (AvgIpc) is 2.78. The first-order valence-corrected chi connectivity index (χ1v) is 9.13. The van der Waals surface area contributed by atoms with Gasteiger partial charge in [0.25, 0.3) is 0 Å². The van der Waals surface area contributed by atoms with E-state index in [1.165, 1.54) is 18.4 Å². The lowest BCUT2D eigenvalue weighted by molar-refractivity contribution is -0.118. The van der Waals surface area contributed by atoms with Crippen LogP contribution in [0.5, 0.6) is 0 Å². The summed E-state index contributed by atoms with van der Waals surface area (Å²) in [6.45, 7) is 4.27. The van der Waals surface area contributed by atoms with E-state index in [1.807, 2.05) is 13.0 Å². The van der Waals surface area contributed by atoms with Crippen LogP contribution in [0.1, 0.15) is 58.8 Å². The van der Waals surface area contributed by atoms with Gasteiger partial charge in [-0.25, -0.2) is 0 Å². The molecule has 0 saturated heterocycles. The molecule has 22 heavy (non-hydrogen) atoms. The summed E-state index contributed by atoms with van der Waals surface area (Å²) in [5.41, 5.74) is 0.853. The summed E-state index contributed by atoms with van der Waals surface area (Å²) in [6, 6.07) is 0. The highest BCUT2D eigenvalue weighted by Gasteiger charge is 2.59. The lowest BCUT2D eigenvalue weighted by Gasteiger charge is -2.56. The molecule has 1 N–H and O–H groups in total. The van der Waals surface area contributed by atoms with Crippen molar-refractivity contribution in [1.29, 1.82) is 0 Å². The maximum atomic E-state index is 11.7. The van der Waals surface area contributed by atoms with Crippen molar-refractivity contribution in [1.82, 2.24) is 0 Å². The Kier molecular flexibility index (Phi) is 3.21. The standard InChI is InChI=1S/C20H28O2/c1-3-20-11-8-16-15-7-5-14(21)12-13(15)4-6-17(16)18(20)9-10-19(20,2)22/h9-10,12,15-18,22H,3-8,11H2,1-2H3/t15?,16?,17?,18?,19-,20-/m0/s1. The fraction of sp³-hybridized carbons (Fsp3) is 0.750. The normalized spacial score (nSPS) is 50.1. The van der Waals surface area contributed by atoms with Gasteiger partial charge in [-0.2, -0.15) is 0 Å². The highest BCUT2D eigenvalue weighted by Crippen LogP contribution is 2.63. The van der Waals surface area contributed by atoms with Gasteiger partial charge in [-0.05, 0) is 75.2 Å². The molecule has 4 rings (SSSR count). The summed E-state index contributed by atoms with van der Waals surface area (Å²) in [4.78, 5) is 11.7. The quantitative estimate of drug-likeness (QED) is 0.742. The molecule has 0 aromatic rings. The van der Waals surface area contributed by atoms with E-state index in [0.717, 1.165) is 38.0 Å². The van der Waals surface area contributed by atoms with E-state index in [0.29, 0.717) is 23.5 Å². The smallest absolute Gasteiger partial charge is 0.155 e. The van der Waals surface area contributed by atoms with Crippen LogP contribution in [-0.2, 0) is 4.79 Å². The number of hydrogen-bond donors (Lipinski definition) is 1. The highest BCUT2D eigenvalue weighted by molar-refractivity contribution is 5.91. The molecule has 6 atom stereocenters. The second kappa shape index (κ2) is 4.80. The minimum absolute atomic E-state index is 0.0554. The average molecular weight is 300 g/mol. The molecule has 0 aliphatic heterocycles. The van der Waals surface area contributed by atoms with Crippen molar-refractivity contribution in [2.24, 2.45) is 29.1 Å². The summed E-state index contributed by atoms with van der Waals surface area (Å²) >= 11 is 0. The molecular weight excluding hydrogens is 272 g/mol. The largest absolute Gasteiger partial charge is 0.385 e. The van der Waals surface area contributed by atoms with Crippen LogP contribution < -0.4 is 0 Å². The molecule has 0 heterocycles. The van der Waals surface area contributed by atoms with Crippen molar-refractivity contribution in [2.45, 2.75) is 64.4 Å². The molecule has 0 spiro atoms. The molecular formula is C20H28O2. The number of aliphatic hydroxyl groups is 1. The first-order chi connectivity index (χ1) is 10.5. The van der Waals surface area contributed by atoms with Crippen LogP contribution in [0.3, 0.4) is 0 Å². The Bertz CT molecular complexity index is 556. The van der Waals surface area contributed by atoms with Gasteiger partial charge in [-0.15, -0.1) is 0 Å². The zero-order valence-corrected chi connectivity index (χ0v) is 13.8. The molecule has 0 radical (unpaired) electrons. The first-order valence-electron chi connectivity index (χ1n) is 9.13. The van der Waals surface area contributed by atoms with Crippen LogP contribution in [-0.4, -0.2) is 16.5 Å². The van der Waals surface area contributed by atoms with E-state index < -0.39 is 5.60 Å². The van der Waals surface area contributed by atoms with Crippen molar-refractivity contribution in [3.63, 3.8) is 0 Å².